The van der Waals surface area contributed by atoms with Crippen molar-refractivity contribution in [2.45, 2.75) is 38.5 Å². The number of pyridine rings is 1. The number of rotatable bonds is 6. The Bertz CT molecular complexity index is 966. The zero-order valence-corrected chi connectivity index (χ0v) is 18.6. The van der Waals surface area contributed by atoms with Gasteiger partial charge in [-0.2, -0.15) is 0 Å². The van der Waals surface area contributed by atoms with Crippen molar-refractivity contribution < 1.29 is 14.0 Å². The molecule has 170 valence electrons. The van der Waals surface area contributed by atoms with Crippen molar-refractivity contribution in [3.63, 3.8) is 0 Å². The minimum atomic E-state index is -0.493. The van der Waals surface area contributed by atoms with Crippen LogP contribution < -0.4 is 5.32 Å². The van der Waals surface area contributed by atoms with Crippen LogP contribution in [0.15, 0.2) is 36.4 Å². The van der Waals surface area contributed by atoms with E-state index < -0.39 is 5.82 Å². The molecular formula is C25H31FN4O2. The molecule has 2 saturated heterocycles. The quantitative estimate of drug-likeness (QED) is 0.751. The molecule has 0 aliphatic carbocycles. The van der Waals surface area contributed by atoms with E-state index in [0.717, 1.165) is 31.0 Å². The molecule has 1 aromatic carbocycles. The van der Waals surface area contributed by atoms with Gasteiger partial charge in [-0.25, -0.2) is 4.39 Å². The van der Waals surface area contributed by atoms with Gasteiger partial charge < -0.3 is 15.1 Å². The van der Waals surface area contributed by atoms with E-state index in [0.29, 0.717) is 38.0 Å². The maximum Gasteiger partial charge on any atom is 0.256 e. The Labute approximate surface area is 188 Å². The summed E-state index contributed by atoms with van der Waals surface area (Å²) in [5, 5.41) is 3.05. The third kappa shape index (κ3) is 5.15. The summed E-state index contributed by atoms with van der Waals surface area (Å²) in [5.74, 6) is -0.762. The van der Waals surface area contributed by atoms with Crippen molar-refractivity contribution in [2.75, 3.05) is 39.3 Å². The molecule has 6 nitrogen and oxygen atoms in total. The molecule has 0 atom stereocenters. The first-order valence-corrected chi connectivity index (χ1v) is 11.5. The van der Waals surface area contributed by atoms with E-state index in [1.165, 1.54) is 25.0 Å². The zero-order chi connectivity index (χ0) is 22.5. The van der Waals surface area contributed by atoms with Gasteiger partial charge in [0.15, 0.2) is 0 Å². The van der Waals surface area contributed by atoms with E-state index >= 15 is 0 Å². The van der Waals surface area contributed by atoms with Gasteiger partial charge in [0, 0.05) is 37.8 Å². The van der Waals surface area contributed by atoms with Gasteiger partial charge in [-0.15, -0.1) is 0 Å². The molecule has 2 fully saturated rings. The molecule has 2 amide bonds. The van der Waals surface area contributed by atoms with Gasteiger partial charge in [0.2, 0.25) is 0 Å². The molecule has 1 N–H and O–H groups in total. The van der Waals surface area contributed by atoms with Gasteiger partial charge in [0.1, 0.15) is 5.82 Å². The summed E-state index contributed by atoms with van der Waals surface area (Å²) in [7, 11) is 0. The van der Waals surface area contributed by atoms with E-state index in [1.807, 2.05) is 19.1 Å². The van der Waals surface area contributed by atoms with E-state index in [2.05, 4.69) is 10.2 Å². The smallest absolute Gasteiger partial charge is 0.256 e. The average Bonchev–Trinajstić information content (AvgIpc) is 3.32. The molecular weight excluding hydrogens is 407 g/mol. The van der Waals surface area contributed by atoms with E-state index in [1.54, 1.807) is 17.0 Å². The van der Waals surface area contributed by atoms with Gasteiger partial charge in [-0.05, 0) is 70.0 Å². The number of piperidine rings is 1. The number of halogens is 1. The zero-order valence-electron chi connectivity index (χ0n) is 18.6. The monoisotopic (exact) mass is 438 g/mol. The highest BCUT2D eigenvalue weighted by Gasteiger charge is 2.29. The van der Waals surface area contributed by atoms with Crippen molar-refractivity contribution in [2.24, 2.45) is 0 Å². The summed E-state index contributed by atoms with van der Waals surface area (Å²) in [6, 6.07) is 9.82. The van der Waals surface area contributed by atoms with Crippen molar-refractivity contribution in [1.29, 1.82) is 0 Å². The summed E-state index contributed by atoms with van der Waals surface area (Å²) in [6.45, 7) is 6.68. The summed E-state index contributed by atoms with van der Waals surface area (Å²) >= 11 is 0. The van der Waals surface area contributed by atoms with Crippen molar-refractivity contribution in [1.82, 2.24) is 20.1 Å². The molecule has 32 heavy (non-hydrogen) atoms. The van der Waals surface area contributed by atoms with Crippen LogP contribution in [-0.4, -0.2) is 65.9 Å². The average molecular weight is 439 g/mol. The minimum absolute atomic E-state index is 0.0865. The van der Waals surface area contributed by atoms with Gasteiger partial charge in [-0.1, -0.05) is 12.1 Å². The molecule has 3 heterocycles. The number of amides is 2. The topological polar surface area (TPSA) is 65.5 Å². The first-order valence-electron chi connectivity index (χ1n) is 11.5. The number of hydrogen-bond acceptors (Lipinski definition) is 4. The Balaban J connectivity index is 1.39. The molecule has 7 heteroatoms. The molecule has 2 aliphatic rings. The van der Waals surface area contributed by atoms with E-state index in [4.69, 9.17) is 4.98 Å². The third-order valence-corrected chi connectivity index (χ3v) is 6.49. The highest BCUT2D eigenvalue weighted by atomic mass is 19.1. The highest BCUT2D eigenvalue weighted by Crippen LogP contribution is 2.30. The second kappa shape index (κ2) is 10.2. The number of aryl methyl sites for hydroxylation is 1. The predicted octanol–water partition coefficient (Wildman–Crippen LogP) is 3.37. The van der Waals surface area contributed by atoms with Gasteiger partial charge >= 0.3 is 0 Å². The molecule has 2 aliphatic heterocycles. The van der Waals surface area contributed by atoms with E-state index in [9.17, 15) is 14.0 Å². The van der Waals surface area contributed by atoms with Crippen LogP contribution in [0.25, 0.3) is 0 Å². The highest BCUT2D eigenvalue weighted by molar-refractivity contribution is 5.96. The molecule has 0 radical (unpaired) electrons. The maximum atomic E-state index is 14.0. The third-order valence-electron chi connectivity index (χ3n) is 6.49. The molecule has 0 spiro atoms. The lowest BCUT2D eigenvalue weighted by atomic mass is 9.89. The Morgan fingerprint density at radius 1 is 1.03 bits per heavy atom. The first kappa shape index (κ1) is 22.4. The fourth-order valence-corrected chi connectivity index (χ4v) is 4.67. The summed E-state index contributed by atoms with van der Waals surface area (Å²) < 4.78 is 14.0. The largest absolute Gasteiger partial charge is 0.351 e. The predicted molar refractivity (Wildman–Crippen MR) is 121 cm³/mol. The Kier molecular flexibility index (Phi) is 7.15. The second-order valence-corrected chi connectivity index (χ2v) is 8.74. The van der Waals surface area contributed by atoms with E-state index in [-0.39, 0.29) is 23.3 Å². The normalized spacial score (nSPS) is 17.5. The molecule has 4 rings (SSSR count). The standard InChI is InChI=1S/C25H31FN4O2/c1-18-8-9-21(24(31)27-12-17-29-13-4-5-14-29)23(28-18)19-10-15-30(16-11-19)25(32)20-6-2-3-7-22(20)26/h2-3,6-9,19H,4-5,10-17H2,1H3,(H,27,31). The van der Waals surface area contributed by atoms with Crippen LogP contribution in [0.3, 0.4) is 0 Å². The molecule has 1 aromatic heterocycles. The second-order valence-electron chi connectivity index (χ2n) is 8.74. The Morgan fingerprint density at radius 2 is 1.75 bits per heavy atom. The van der Waals surface area contributed by atoms with Gasteiger partial charge in [0.25, 0.3) is 11.8 Å². The van der Waals surface area contributed by atoms with Crippen LogP contribution in [0.1, 0.15) is 63.7 Å². The Hall–Kier alpha value is -2.80. The van der Waals surface area contributed by atoms with Crippen LogP contribution in [0.5, 0.6) is 0 Å². The van der Waals surface area contributed by atoms with Crippen LogP contribution in [-0.2, 0) is 0 Å². The molecule has 0 unspecified atom stereocenters. The number of benzene rings is 1. The summed E-state index contributed by atoms with van der Waals surface area (Å²) in [4.78, 5) is 34.4. The number of carbonyl (C=O) groups excluding carboxylic acids is 2. The number of likely N-dealkylation sites (tertiary alicyclic amines) is 2. The molecule has 2 aromatic rings. The number of aromatic nitrogens is 1. The van der Waals surface area contributed by atoms with Crippen LogP contribution >= 0.6 is 0 Å². The number of nitrogens with zero attached hydrogens (tertiary/aromatic N) is 3. The fraction of sp³-hybridized carbons (Fsp3) is 0.480. The minimum Gasteiger partial charge on any atom is -0.351 e. The lowest BCUT2D eigenvalue weighted by Crippen LogP contribution is -2.39. The SMILES string of the molecule is Cc1ccc(C(=O)NCCN2CCCC2)c(C2CCN(C(=O)c3ccccc3F)CC2)n1. The van der Waals surface area contributed by atoms with Crippen LogP contribution in [0.4, 0.5) is 4.39 Å². The van der Waals surface area contributed by atoms with Crippen LogP contribution in [0.2, 0.25) is 0 Å². The van der Waals surface area contributed by atoms with Gasteiger partial charge in [0.05, 0.1) is 16.8 Å². The fourth-order valence-electron chi connectivity index (χ4n) is 4.67. The molecule has 0 saturated carbocycles. The van der Waals surface area contributed by atoms with Crippen molar-refractivity contribution >= 4 is 11.8 Å². The summed E-state index contributed by atoms with van der Waals surface area (Å²) in [5.41, 5.74) is 2.41. The van der Waals surface area contributed by atoms with Gasteiger partial charge in [-0.3, -0.25) is 14.6 Å². The number of hydrogen-bond donors (Lipinski definition) is 1. The van der Waals surface area contributed by atoms with Crippen molar-refractivity contribution in [3.8, 4) is 0 Å². The van der Waals surface area contributed by atoms with Crippen LogP contribution in [0, 0.1) is 12.7 Å². The number of carbonyl (C=O) groups is 2. The maximum absolute atomic E-state index is 14.0. The summed E-state index contributed by atoms with van der Waals surface area (Å²) in [6.07, 6.45) is 3.87. The first-order chi connectivity index (χ1) is 15.5. The number of nitrogens with one attached hydrogen (secondary N) is 1. The van der Waals surface area contributed by atoms with Crippen molar-refractivity contribution in [3.05, 3.63) is 64.7 Å². The molecule has 0 bridgehead atoms. The lowest BCUT2D eigenvalue weighted by Gasteiger charge is -2.32. The lowest BCUT2D eigenvalue weighted by molar-refractivity contribution is 0.0705. The Morgan fingerprint density at radius 3 is 2.47 bits per heavy atom.